The van der Waals surface area contributed by atoms with Gasteiger partial charge in [0.15, 0.2) is 0 Å². The van der Waals surface area contributed by atoms with Gasteiger partial charge in [-0.25, -0.2) is 0 Å². The minimum Gasteiger partial charge on any atom is -0.349 e. The molecule has 0 aliphatic carbocycles. The lowest BCUT2D eigenvalue weighted by molar-refractivity contribution is -0.383. The number of hydrogen-bond acceptors (Lipinski definition) is 3. The summed E-state index contributed by atoms with van der Waals surface area (Å²) in [6, 6.07) is 22.8. The summed E-state index contributed by atoms with van der Waals surface area (Å²) in [6.07, 6.45) is 6.06. The van der Waals surface area contributed by atoms with E-state index < -0.39 is 0 Å². The van der Waals surface area contributed by atoms with Crippen LogP contribution < -0.4 is 5.32 Å². The zero-order valence-corrected chi connectivity index (χ0v) is 15.9. The molecule has 0 aliphatic heterocycles. The Bertz CT molecular complexity index is 1040. The van der Waals surface area contributed by atoms with Gasteiger partial charge in [-0.15, -0.1) is 0 Å². The maximum absolute atomic E-state index is 11.5. The van der Waals surface area contributed by atoms with Crippen LogP contribution in [-0.2, 0) is 0 Å². The molecule has 140 valence electrons. The lowest BCUT2D eigenvalue weighted by Crippen LogP contribution is -2.01. The summed E-state index contributed by atoms with van der Waals surface area (Å²) in [5.41, 5.74) is 5.41. The quantitative estimate of drug-likeness (QED) is 0.289. The maximum Gasteiger partial charge on any atom is 0.292 e. The van der Waals surface area contributed by atoms with Gasteiger partial charge in [0.05, 0.1) is 10.6 Å². The van der Waals surface area contributed by atoms with Gasteiger partial charge in [-0.3, -0.25) is 10.1 Å². The highest BCUT2D eigenvalue weighted by Gasteiger charge is 2.17. The molecule has 28 heavy (non-hydrogen) atoms. The zero-order chi connectivity index (χ0) is 19.9. The van der Waals surface area contributed by atoms with Gasteiger partial charge in [-0.2, -0.15) is 0 Å². The molecular weight excluding hydrogens is 348 g/mol. The first kappa shape index (κ1) is 19.1. The minimum absolute atomic E-state index is 0.0457. The third-order valence-corrected chi connectivity index (χ3v) is 4.48. The lowest BCUT2D eigenvalue weighted by atomic mass is 9.95. The fraction of sp³-hybridized carbons (Fsp3) is 0.0833. The van der Waals surface area contributed by atoms with Gasteiger partial charge in [-0.05, 0) is 31.1 Å². The van der Waals surface area contributed by atoms with Crippen LogP contribution in [0.3, 0.4) is 0 Å². The highest BCUT2D eigenvalue weighted by atomic mass is 16.6. The van der Waals surface area contributed by atoms with Gasteiger partial charge < -0.3 is 5.32 Å². The van der Waals surface area contributed by atoms with E-state index in [2.05, 4.69) is 5.32 Å². The van der Waals surface area contributed by atoms with E-state index in [1.54, 1.807) is 18.2 Å². The number of benzene rings is 3. The van der Waals surface area contributed by atoms with E-state index in [1.165, 1.54) is 6.07 Å². The number of nitrogens with zero attached hydrogens (tertiary/aromatic N) is 1. The second-order valence-electron chi connectivity index (χ2n) is 6.24. The van der Waals surface area contributed by atoms with E-state index in [4.69, 9.17) is 0 Å². The number of para-hydroxylation sites is 3. The molecule has 3 aromatic rings. The Kier molecular flexibility index (Phi) is 6.02. The van der Waals surface area contributed by atoms with Crippen molar-refractivity contribution < 1.29 is 4.92 Å². The molecule has 4 nitrogen and oxygen atoms in total. The second kappa shape index (κ2) is 8.82. The van der Waals surface area contributed by atoms with Gasteiger partial charge in [-0.1, -0.05) is 78.9 Å². The van der Waals surface area contributed by atoms with E-state index in [-0.39, 0.29) is 10.6 Å². The molecule has 0 amide bonds. The maximum atomic E-state index is 11.5. The van der Waals surface area contributed by atoms with Crippen molar-refractivity contribution in [2.75, 3.05) is 5.32 Å². The highest BCUT2D eigenvalue weighted by Crippen LogP contribution is 2.38. The standard InChI is InChI=1S/C24H22N2O2/c1-3-11-18(4-2)20-14-10-15-21(19-12-6-5-7-13-19)24(20)25-22-16-8-9-17-23(22)26(27)28/h3-17,25H,1-2H3/b11-3-,18-4+. The number of nitrogens with one attached hydrogen (secondary N) is 1. The first-order valence-electron chi connectivity index (χ1n) is 9.14. The summed E-state index contributed by atoms with van der Waals surface area (Å²) in [5, 5.41) is 14.8. The number of hydrogen-bond donors (Lipinski definition) is 1. The fourth-order valence-corrected chi connectivity index (χ4v) is 3.18. The molecule has 0 heterocycles. The lowest BCUT2D eigenvalue weighted by Gasteiger charge is -2.18. The Morgan fingerprint density at radius 2 is 1.64 bits per heavy atom. The fourth-order valence-electron chi connectivity index (χ4n) is 3.18. The van der Waals surface area contributed by atoms with E-state index in [9.17, 15) is 10.1 Å². The molecule has 0 aliphatic rings. The van der Waals surface area contributed by atoms with Crippen LogP contribution >= 0.6 is 0 Å². The number of rotatable bonds is 6. The van der Waals surface area contributed by atoms with Crippen LogP contribution in [0.5, 0.6) is 0 Å². The number of nitro benzene ring substituents is 1. The van der Waals surface area contributed by atoms with Crippen molar-refractivity contribution >= 4 is 22.6 Å². The van der Waals surface area contributed by atoms with E-state index in [0.717, 1.165) is 28.0 Å². The minimum atomic E-state index is -0.365. The predicted octanol–water partition coefficient (Wildman–Crippen LogP) is 6.98. The largest absolute Gasteiger partial charge is 0.349 e. The van der Waals surface area contributed by atoms with Crippen LogP contribution in [0.2, 0.25) is 0 Å². The molecule has 0 saturated heterocycles. The monoisotopic (exact) mass is 370 g/mol. The van der Waals surface area contributed by atoms with Crippen molar-refractivity contribution in [1.29, 1.82) is 0 Å². The molecule has 1 N–H and O–H groups in total. The van der Waals surface area contributed by atoms with Crippen molar-refractivity contribution in [2.45, 2.75) is 13.8 Å². The van der Waals surface area contributed by atoms with Crippen molar-refractivity contribution in [3.05, 3.63) is 107 Å². The summed E-state index contributed by atoms with van der Waals surface area (Å²) < 4.78 is 0. The van der Waals surface area contributed by atoms with Crippen LogP contribution in [0.15, 0.2) is 91.0 Å². The van der Waals surface area contributed by atoms with Gasteiger partial charge in [0.2, 0.25) is 0 Å². The molecule has 4 heteroatoms. The second-order valence-corrected chi connectivity index (χ2v) is 6.24. The Balaban J connectivity index is 2.23. The molecular formula is C24H22N2O2. The number of anilines is 2. The summed E-state index contributed by atoms with van der Waals surface area (Å²) >= 11 is 0. The molecule has 0 spiro atoms. The normalized spacial score (nSPS) is 11.6. The average molecular weight is 370 g/mol. The SMILES string of the molecule is C/C=C\C(=C/C)c1cccc(-c2ccccc2)c1Nc1ccccc1[N+](=O)[O-]. The molecule has 0 atom stereocenters. The van der Waals surface area contributed by atoms with Gasteiger partial charge in [0.25, 0.3) is 5.69 Å². The van der Waals surface area contributed by atoms with E-state index in [1.807, 2.05) is 80.6 Å². The first-order valence-corrected chi connectivity index (χ1v) is 9.14. The molecule has 0 bridgehead atoms. The molecule has 0 radical (unpaired) electrons. The molecule has 0 saturated carbocycles. The smallest absolute Gasteiger partial charge is 0.292 e. The molecule has 0 fully saturated rings. The van der Waals surface area contributed by atoms with Crippen LogP contribution in [0, 0.1) is 10.1 Å². The highest BCUT2D eigenvalue weighted by molar-refractivity contribution is 5.93. The van der Waals surface area contributed by atoms with Crippen LogP contribution in [-0.4, -0.2) is 4.92 Å². The van der Waals surface area contributed by atoms with Gasteiger partial charge in [0.1, 0.15) is 5.69 Å². The van der Waals surface area contributed by atoms with E-state index >= 15 is 0 Å². The number of allylic oxidation sites excluding steroid dienone is 4. The Morgan fingerprint density at radius 1 is 0.929 bits per heavy atom. The zero-order valence-electron chi connectivity index (χ0n) is 15.9. The van der Waals surface area contributed by atoms with Crippen molar-refractivity contribution in [1.82, 2.24) is 0 Å². The third kappa shape index (κ3) is 4.01. The molecule has 3 rings (SSSR count). The molecule has 3 aromatic carbocycles. The average Bonchev–Trinajstić information content (AvgIpc) is 2.73. The number of nitro groups is 1. The predicted molar refractivity (Wildman–Crippen MR) is 117 cm³/mol. The van der Waals surface area contributed by atoms with Gasteiger partial charge in [0, 0.05) is 17.2 Å². The summed E-state index contributed by atoms with van der Waals surface area (Å²) in [5.74, 6) is 0. The molecule has 0 aromatic heterocycles. The summed E-state index contributed by atoms with van der Waals surface area (Å²) in [6.45, 7) is 3.96. The molecule has 0 unspecified atom stereocenters. The Hall–Kier alpha value is -3.66. The summed E-state index contributed by atoms with van der Waals surface area (Å²) in [7, 11) is 0. The topological polar surface area (TPSA) is 55.2 Å². The third-order valence-electron chi connectivity index (χ3n) is 4.48. The van der Waals surface area contributed by atoms with Crippen molar-refractivity contribution in [3.63, 3.8) is 0 Å². The van der Waals surface area contributed by atoms with Crippen LogP contribution in [0.1, 0.15) is 19.4 Å². The Morgan fingerprint density at radius 3 is 2.32 bits per heavy atom. The summed E-state index contributed by atoms with van der Waals surface area (Å²) in [4.78, 5) is 11.1. The van der Waals surface area contributed by atoms with Gasteiger partial charge >= 0.3 is 0 Å². The van der Waals surface area contributed by atoms with E-state index in [0.29, 0.717) is 5.69 Å². The van der Waals surface area contributed by atoms with Crippen molar-refractivity contribution in [2.24, 2.45) is 0 Å². The first-order chi connectivity index (χ1) is 13.7. The van der Waals surface area contributed by atoms with Crippen LogP contribution in [0.25, 0.3) is 16.7 Å². The van der Waals surface area contributed by atoms with Crippen LogP contribution in [0.4, 0.5) is 17.1 Å². The Labute approximate surface area is 165 Å². The van der Waals surface area contributed by atoms with Crippen molar-refractivity contribution in [3.8, 4) is 11.1 Å².